The number of nitrogens with zero attached hydrogens (tertiary/aromatic N) is 3. The zero-order valence-corrected chi connectivity index (χ0v) is 14.7. The van der Waals surface area contributed by atoms with Crippen molar-refractivity contribution in [1.29, 1.82) is 0 Å². The van der Waals surface area contributed by atoms with E-state index >= 15 is 0 Å². The number of carbonyl (C=O) groups excluding carboxylic acids is 2. The second-order valence-electron chi connectivity index (χ2n) is 6.70. The highest BCUT2D eigenvalue weighted by Gasteiger charge is 2.30. The number of ether oxygens (including phenoxy) is 1. The molecule has 1 saturated heterocycles. The predicted molar refractivity (Wildman–Crippen MR) is 96.9 cm³/mol. The van der Waals surface area contributed by atoms with Crippen molar-refractivity contribution >= 4 is 17.7 Å². The van der Waals surface area contributed by atoms with Crippen molar-refractivity contribution in [3.8, 4) is 0 Å². The molecule has 1 fully saturated rings. The number of pyridine rings is 1. The van der Waals surface area contributed by atoms with Crippen LogP contribution in [-0.2, 0) is 22.5 Å². The van der Waals surface area contributed by atoms with Gasteiger partial charge in [-0.1, -0.05) is 18.2 Å². The van der Waals surface area contributed by atoms with Gasteiger partial charge in [0.05, 0.1) is 18.2 Å². The summed E-state index contributed by atoms with van der Waals surface area (Å²) in [6.45, 7) is 4.14. The van der Waals surface area contributed by atoms with Crippen LogP contribution in [0.25, 0.3) is 0 Å². The topological polar surface area (TPSA) is 62.7 Å². The van der Waals surface area contributed by atoms with E-state index in [1.54, 1.807) is 17.3 Å². The molecule has 0 aliphatic carbocycles. The lowest BCUT2D eigenvalue weighted by Gasteiger charge is -2.33. The molecule has 6 nitrogen and oxygen atoms in total. The van der Waals surface area contributed by atoms with Gasteiger partial charge in [-0.25, -0.2) is 4.79 Å². The van der Waals surface area contributed by atoms with Crippen molar-refractivity contribution in [2.45, 2.75) is 25.8 Å². The summed E-state index contributed by atoms with van der Waals surface area (Å²) in [5, 5.41) is 0. The van der Waals surface area contributed by atoms with E-state index in [1.165, 1.54) is 0 Å². The van der Waals surface area contributed by atoms with Crippen LogP contribution in [0.4, 0.5) is 10.5 Å². The monoisotopic (exact) mass is 351 g/mol. The molecule has 0 bridgehead atoms. The number of fused-ring (bicyclic) bond motifs is 1. The highest BCUT2D eigenvalue weighted by Crippen LogP contribution is 2.31. The largest absolute Gasteiger partial charge is 0.447 e. The highest BCUT2D eigenvalue weighted by molar-refractivity contribution is 5.91. The van der Waals surface area contributed by atoms with Crippen molar-refractivity contribution < 1.29 is 14.3 Å². The highest BCUT2D eigenvalue weighted by atomic mass is 16.6. The lowest BCUT2D eigenvalue weighted by Crippen LogP contribution is -2.39. The second kappa shape index (κ2) is 6.78. The predicted octanol–water partition coefficient (Wildman–Crippen LogP) is 2.73. The molecule has 0 N–H and O–H groups in total. The Bertz CT molecular complexity index is 837. The lowest BCUT2D eigenvalue weighted by atomic mass is 9.95. The van der Waals surface area contributed by atoms with Gasteiger partial charge in [-0.3, -0.25) is 14.7 Å². The average molecular weight is 351 g/mol. The van der Waals surface area contributed by atoms with Crippen molar-refractivity contribution in [3.63, 3.8) is 0 Å². The van der Waals surface area contributed by atoms with Gasteiger partial charge in [0, 0.05) is 25.5 Å². The minimum Gasteiger partial charge on any atom is -0.447 e. The van der Waals surface area contributed by atoms with Gasteiger partial charge in [-0.15, -0.1) is 0 Å². The van der Waals surface area contributed by atoms with Crippen LogP contribution in [0.2, 0.25) is 0 Å². The van der Waals surface area contributed by atoms with E-state index in [2.05, 4.69) is 4.98 Å². The molecule has 1 atom stereocenters. The first-order valence-corrected chi connectivity index (χ1v) is 8.89. The maximum absolute atomic E-state index is 12.9. The first-order chi connectivity index (χ1) is 12.6. The lowest BCUT2D eigenvalue weighted by molar-refractivity contribution is -0.133. The van der Waals surface area contributed by atoms with E-state index in [1.807, 2.05) is 42.2 Å². The number of cyclic esters (lactones) is 1. The number of aromatic nitrogens is 1. The van der Waals surface area contributed by atoms with Gasteiger partial charge in [0.1, 0.15) is 6.61 Å². The maximum Gasteiger partial charge on any atom is 0.414 e. The van der Waals surface area contributed by atoms with E-state index in [0.29, 0.717) is 26.2 Å². The Morgan fingerprint density at radius 2 is 2.12 bits per heavy atom. The summed E-state index contributed by atoms with van der Waals surface area (Å²) < 4.78 is 5.07. The summed E-state index contributed by atoms with van der Waals surface area (Å²) >= 11 is 0. The van der Waals surface area contributed by atoms with Gasteiger partial charge in [-0.2, -0.15) is 0 Å². The zero-order valence-electron chi connectivity index (χ0n) is 14.7. The molecule has 3 heterocycles. The van der Waals surface area contributed by atoms with Crippen LogP contribution in [0.15, 0.2) is 42.7 Å². The number of hydrogen-bond acceptors (Lipinski definition) is 4. The van der Waals surface area contributed by atoms with Crippen molar-refractivity contribution in [3.05, 3.63) is 59.4 Å². The molecule has 2 aliphatic rings. The Kier molecular flexibility index (Phi) is 4.32. The average Bonchev–Trinajstić information content (AvgIpc) is 3.12. The molecule has 4 rings (SSSR count). The quantitative estimate of drug-likeness (QED) is 0.853. The van der Waals surface area contributed by atoms with Gasteiger partial charge in [0.2, 0.25) is 5.91 Å². The summed E-state index contributed by atoms with van der Waals surface area (Å²) in [4.78, 5) is 32.5. The van der Waals surface area contributed by atoms with Crippen LogP contribution in [-0.4, -0.2) is 41.6 Å². The number of amides is 2. The zero-order chi connectivity index (χ0) is 18.1. The molecular formula is C20H21N3O3. The van der Waals surface area contributed by atoms with Crippen LogP contribution in [0.5, 0.6) is 0 Å². The Morgan fingerprint density at radius 1 is 1.23 bits per heavy atom. The molecule has 2 aromatic rings. The van der Waals surface area contributed by atoms with Crippen molar-refractivity contribution in [2.24, 2.45) is 0 Å². The minimum atomic E-state index is -0.290. The van der Waals surface area contributed by atoms with E-state index < -0.39 is 0 Å². The van der Waals surface area contributed by atoms with Gasteiger partial charge in [0.25, 0.3) is 0 Å². The molecule has 6 heteroatoms. The van der Waals surface area contributed by atoms with Crippen LogP contribution in [0.1, 0.15) is 29.5 Å². The Hall–Kier alpha value is -2.89. The molecule has 134 valence electrons. The Morgan fingerprint density at radius 3 is 2.85 bits per heavy atom. The molecule has 2 amide bonds. The van der Waals surface area contributed by atoms with Crippen molar-refractivity contribution in [2.75, 3.05) is 24.6 Å². The first kappa shape index (κ1) is 16.6. The van der Waals surface area contributed by atoms with Gasteiger partial charge < -0.3 is 9.64 Å². The third-order valence-electron chi connectivity index (χ3n) is 5.16. The molecular weight excluding hydrogens is 330 g/mol. The number of anilines is 1. The number of benzene rings is 1. The summed E-state index contributed by atoms with van der Waals surface area (Å²) in [7, 11) is 0. The van der Waals surface area contributed by atoms with Crippen LogP contribution in [0, 0.1) is 0 Å². The third kappa shape index (κ3) is 2.92. The third-order valence-corrected chi connectivity index (χ3v) is 5.16. The maximum atomic E-state index is 12.9. The second-order valence-corrected chi connectivity index (χ2v) is 6.70. The fourth-order valence-electron chi connectivity index (χ4n) is 3.69. The van der Waals surface area contributed by atoms with E-state index in [9.17, 15) is 9.59 Å². The summed E-state index contributed by atoms with van der Waals surface area (Å²) in [6.07, 6.45) is 3.91. The molecule has 1 unspecified atom stereocenters. The van der Waals surface area contributed by atoms with Crippen LogP contribution < -0.4 is 4.90 Å². The molecule has 0 spiro atoms. The minimum absolute atomic E-state index is 0.106. The molecule has 0 saturated carbocycles. The fourth-order valence-corrected chi connectivity index (χ4v) is 3.69. The van der Waals surface area contributed by atoms with Crippen LogP contribution in [0.3, 0.4) is 0 Å². The van der Waals surface area contributed by atoms with Crippen LogP contribution >= 0.6 is 0 Å². The normalized spacial score (nSPS) is 17.7. The summed E-state index contributed by atoms with van der Waals surface area (Å²) in [6, 6.07) is 9.73. The van der Waals surface area contributed by atoms with E-state index in [0.717, 1.165) is 28.8 Å². The summed E-state index contributed by atoms with van der Waals surface area (Å²) in [5.41, 5.74) is 4.08. The van der Waals surface area contributed by atoms with Gasteiger partial charge in [-0.05, 0) is 42.2 Å². The van der Waals surface area contributed by atoms with E-state index in [4.69, 9.17) is 4.74 Å². The van der Waals surface area contributed by atoms with Crippen molar-refractivity contribution in [1.82, 2.24) is 9.88 Å². The molecule has 1 aromatic carbocycles. The standard InChI is InChI=1S/C20H21N3O3/c1-14(15-5-3-8-21-12-15)19(24)22-9-7-17-16(13-22)4-2-6-18(17)23-10-11-26-20(23)25/h2-6,8,12,14H,7,9-11,13H2,1H3. The SMILES string of the molecule is CC(C(=O)N1CCc2c(cccc2N2CCOC2=O)C1)c1cccnc1. The Labute approximate surface area is 152 Å². The smallest absolute Gasteiger partial charge is 0.414 e. The summed E-state index contributed by atoms with van der Waals surface area (Å²) in [5.74, 6) is -0.114. The molecule has 0 radical (unpaired) electrons. The molecule has 2 aliphatic heterocycles. The molecule has 26 heavy (non-hydrogen) atoms. The fraction of sp³-hybridized carbons (Fsp3) is 0.350. The molecule has 1 aromatic heterocycles. The van der Waals surface area contributed by atoms with Gasteiger partial charge in [0.15, 0.2) is 0 Å². The van der Waals surface area contributed by atoms with E-state index in [-0.39, 0.29) is 17.9 Å². The first-order valence-electron chi connectivity index (χ1n) is 8.89. The number of rotatable bonds is 3. The van der Waals surface area contributed by atoms with Gasteiger partial charge >= 0.3 is 6.09 Å². The number of hydrogen-bond donors (Lipinski definition) is 0. The number of carbonyl (C=O) groups is 2. The Balaban J connectivity index is 1.55.